The molecule has 0 bridgehead atoms. The number of anilines is 1. The Morgan fingerprint density at radius 2 is 2.09 bits per heavy atom. The molecule has 0 aliphatic rings. The standard InChI is InChI=1S/C17H21BrN4O/c1-22(2)9-8-19-17(23)14-5-3-4-13(10-14)11-20-16-7-6-15(18)12-21-16/h3-7,10,12H,8-9,11H2,1-2H3,(H,19,23)(H,20,21). The molecular formula is C17H21BrN4O. The van der Waals surface area contributed by atoms with Crippen molar-refractivity contribution in [2.75, 3.05) is 32.5 Å². The Labute approximate surface area is 145 Å². The van der Waals surface area contributed by atoms with Crippen molar-refractivity contribution in [2.24, 2.45) is 0 Å². The number of hydrogen-bond donors (Lipinski definition) is 2. The summed E-state index contributed by atoms with van der Waals surface area (Å²) in [5.74, 6) is 0.754. The molecule has 0 atom stereocenters. The normalized spacial score (nSPS) is 10.6. The number of rotatable bonds is 7. The summed E-state index contributed by atoms with van der Waals surface area (Å²) in [6.07, 6.45) is 1.75. The van der Waals surface area contributed by atoms with E-state index in [0.717, 1.165) is 22.4 Å². The minimum atomic E-state index is -0.0459. The molecule has 0 aliphatic carbocycles. The molecule has 23 heavy (non-hydrogen) atoms. The van der Waals surface area contributed by atoms with E-state index in [9.17, 15) is 4.79 Å². The predicted octanol–water partition coefficient (Wildman–Crippen LogP) is 2.75. The van der Waals surface area contributed by atoms with Crippen LogP contribution in [0.15, 0.2) is 47.1 Å². The summed E-state index contributed by atoms with van der Waals surface area (Å²) in [4.78, 5) is 18.4. The quantitative estimate of drug-likeness (QED) is 0.779. The zero-order valence-electron chi connectivity index (χ0n) is 13.3. The number of pyridine rings is 1. The lowest BCUT2D eigenvalue weighted by molar-refractivity contribution is 0.0951. The van der Waals surface area contributed by atoms with Crippen LogP contribution in [0.1, 0.15) is 15.9 Å². The number of likely N-dealkylation sites (N-methyl/N-ethyl adjacent to an activating group) is 1. The Morgan fingerprint density at radius 3 is 2.78 bits per heavy atom. The maximum absolute atomic E-state index is 12.1. The van der Waals surface area contributed by atoms with E-state index in [1.807, 2.05) is 55.4 Å². The molecular weight excluding hydrogens is 356 g/mol. The molecule has 1 heterocycles. The van der Waals surface area contributed by atoms with Crippen molar-refractivity contribution in [1.82, 2.24) is 15.2 Å². The second-order valence-corrected chi connectivity index (χ2v) is 6.39. The molecule has 122 valence electrons. The molecule has 0 unspecified atom stereocenters. The van der Waals surface area contributed by atoms with Crippen LogP contribution in [-0.2, 0) is 6.54 Å². The Morgan fingerprint density at radius 1 is 1.26 bits per heavy atom. The third-order valence-corrected chi connectivity index (χ3v) is 3.70. The van der Waals surface area contributed by atoms with Crippen molar-refractivity contribution in [3.05, 3.63) is 58.2 Å². The molecule has 5 nitrogen and oxygen atoms in total. The number of amides is 1. The number of nitrogens with zero attached hydrogens (tertiary/aromatic N) is 2. The van der Waals surface area contributed by atoms with Crippen LogP contribution in [-0.4, -0.2) is 43.0 Å². The van der Waals surface area contributed by atoms with Crippen LogP contribution in [0.4, 0.5) is 5.82 Å². The van der Waals surface area contributed by atoms with E-state index in [1.165, 1.54) is 0 Å². The summed E-state index contributed by atoms with van der Waals surface area (Å²) in [5.41, 5.74) is 1.71. The van der Waals surface area contributed by atoms with Gasteiger partial charge in [-0.25, -0.2) is 4.98 Å². The van der Waals surface area contributed by atoms with Crippen LogP contribution >= 0.6 is 15.9 Å². The Balaban J connectivity index is 1.91. The first-order chi connectivity index (χ1) is 11.0. The van der Waals surface area contributed by atoms with Crippen LogP contribution < -0.4 is 10.6 Å². The van der Waals surface area contributed by atoms with Crippen LogP contribution in [0.3, 0.4) is 0 Å². The van der Waals surface area contributed by atoms with Crippen molar-refractivity contribution in [2.45, 2.75) is 6.54 Å². The Hall–Kier alpha value is -1.92. The monoisotopic (exact) mass is 376 g/mol. The fourth-order valence-corrected chi connectivity index (χ4v) is 2.23. The molecule has 0 radical (unpaired) electrons. The highest BCUT2D eigenvalue weighted by molar-refractivity contribution is 9.10. The highest BCUT2D eigenvalue weighted by Gasteiger charge is 2.06. The minimum absolute atomic E-state index is 0.0459. The van der Waals surface area contributed by atoms with Crippen molar-refractivity contribution < 1.29 is 4.79 Å². The third kappa shape index (κ3) is 6.00. The lowest BCUT2D eigenvalue weighted by Crippen LogP contribution is -2.31. The van der Waals surface area contributed by atoms with Gasteiger partial charge < -0.3 is 15.5 Å². The first-order valence-electron chi connectivity index (χ1n) is 7.42. The molecule has 0 aliphatic heterocycles. The first kappa shape index (κ1) is 17.4. The second-order valence-electron chi connectivity index (χ2n) is 5.47. The van der Waals surface area contributed by atoms with Gasteiger partial charge in [0.1, 0.15) is 5.82 Å². The topological polar surface area (TPSA) is 57.3 Å². The number of halogens is 1. The van der Waals surface area contributed by atoms with Gasteiger partial charge in [-0.1, -0.05) is 12.1 Å². The lowest BCUT2D eigenvalue weighted by atomic mass is 10.1. The molecule has 0 saturated carbocycles. The summed E-state index contributed by atoms with van der Waals surface area (Å²) in [6.45, 7) is 2.08. The van der Waals surface area contributed by atoms with Crippen LogP contribution in [0.5, 0.6) is 0 Å². The molecule has 0 saturated heterocycles. The number of carbonyl (C=O) groups is 1. The van der Waals surface area contributed by atoms with Gasteiger partial charge in [-0.2, -0.15) is 0 Å². The van der Waals surface area contributed by atoms with Crippen LogP contribution in [0.25, 0.3) is 0 Å². The van der Waals surface area contributed by atoms with E-state index in [0.29, 0.717) is 18.7 Å². The molecule has 0 spiro atoms. The largest absolute Gasteiger partial charge is 0.366 e. The van der Waals surface area contributed by atoms with Gasteiger partial charge in [-0.15, -0.1) is 0 Å². The van der Waals surface area contributed by atoms with E-state index in [1.54, 1.807) is 6.20 Å². The van der Waals surface area contributed by atoms with Gasteiger partial charge in [0.05, 0.1) is 0 Å². The molecule has 1 aromatic heterocycles. The van der Waals surface area contributed by atoms with Gasteiger partial charge in [0.15, 0.2) is 0 Å². The summed E-state index contributed by atoms with van der Waals surface area (Å²) in [7, 11) is 3.96. The van der Waals surface area contributed by atoms with Crippen LogP contribution in [0.2, 0.25) is 0 Å². The van der Waals surface area contributed by atoms with E-state index in [2.05, 4.69) is 31.5 Å². The lowest BCUT2D eigenvalue weighted by Gasteiger charge is -2.11. The minimum Gasteiger partial charge on any atom is -0.366 e. The number of hydrogen-bond acceptors (Lipinski definition) is 4. The Kier molecular flexibility index (Phi) is 6.55. The number of nitrogens with one attached hydrogen (secondary N) is 2. The van der Waals surface area contributed by atoms with E-state index in [4.69, 9.17) is 0 Å². The fraction of sp³-hybridized carbons (Fsp3) is 0.294. The van der Waals surface area contributed by atoms with Crippen molar-refractivity contribution >= 4 is 27.7 Å². The highest BCUT2D eigenvalue weighted by Crippen LogP contribution is 2.12. The zero-order chi connectivity index (χ0) is 16.7. The van der Waals surface area contributed by atoms with Gasteiger partial charge >= 0.3 is 0 Å². The predicted molar refractivity (Wildman–Crippen MR) is 96.6 cm³/mol. The number of carbonyl (C=O) groups excluding carboxylic acids is 1. The first-order valence-corrected chi connectivity index (χ1v) is 8.21. The Bertz CT molecular complexity index is 643. The van der Waals surface area contributed by atoms with Crippen molar-refractivity contribution in [3.8, 4) is 0 Å². The number of benzene rings is 1. The number of aromatic nitrogens is 1. The summed E-state index contributed by atoms with van der Waals surface area (Å²) >= 11 is 3.36. The maximum atomic E-state index is 12.1. The van der Waals surface area contributed by atoms with Crippen LogP contribution in [0, 0.1) is 0 Å². The molecule has 2 rings (SSSR count). The third-order valence-electron chi connectivity index (χ3n) is 3.23. The maximum Gasteiger partial charge on any atom is 0.251 e. The summed E-state index contributed by atoms with van der Waals surface area (Å²) in [6, 6.07) is 11.4. The smallest absolute Gasteiger partial charge is 0.251 e. The van der Waals surface area contributed by atoms with Gasteiger partial charge in [0, 0.05) is 35.9 Å². The molecule has 1 amide bonds. The van der Waals surface area contributed by atoms with Gasteiger partial charge in [-0.3, -0.25) is 4.79 Å². The van der Waals surface area contributed by atoms with Gasteiger partial charge in [0.25, 0.3) is 5.91 Å². The fourth-order valence-electron chi connectivity index (χ4n) is 1.99. The SMILES string of the molecule is CN(C)CCNC(=O)c1cccc(CNc2ccc(Br)cn2)c1. The highest BCUT2D eigenvalue weighted by atomic mass is 79.9. The molecule has 2 N–H and O–H groups in total. The van der Waals surface area contributed by atoms with Gasteiger partial charge in [0.2, 0.25) is 0 Å². The average molecular weight is 377 g/mol. The van der Waals surface area contributed by atoms with E-state index < -0.39 is 0 Å². The molecule has 6 heteroatoms. The van der Waals surface area contributed by atoms with Crippen molar-refractivity contribution in [1.29, 1.82) is 0 Å². The summed E-state index contributed by atoms with van der Waals surface area (Å²) in [5, 5.41) is 6.16. The zero-order valence-corrected chi connectivity index (χ0v) is 14.9. The molecule has 0 fully saturated rings. The average Bonchev–Trinajstić information content (AvgIpc) is 2.54. The van der Waals surface area contributed by atoms with Crippen molar-refractivity contribution in [3.63, 3.8) is 0 Å². The molecule has 1 aromatic carbocycles. The second kappa shape index (κ2) is 8.64. The summed E-state index contributed by atoms with van der Waals surface area (Å²) < 4.78 is 0.944. The van der Waals surface area contributed by atoms with E-state index in [-0.39, 0.29) is 5.91 Å². The molecule has 2 aromatic rings. The van der Waals surface area contributed by atoms with E-state index >= 15 is 0 Å². The van der Waals surface area contributed by atoms with Gasteiger partial charge in [-0.05, 0) is 59.9 Å².